The number of piperidine rings is 1. The molecule has 1 aromatic rings. The first-order chi connectivity index (χ1) is 14.7. The molecule has 2 heterocycles. The molecule has 0 unspecified atom stereocenters. The Balaban J connectivity index is 0.00000341. The summed E-state index contributed by atoms with van der Waals surface area (Å²) >= 11 is 0. The molecule has 0 radical (unpaired) electrons. The third kappa shape index (κ3) is 9.63. The van der Waals surface area contributed by atoms with E-state index in [1.165, 1.54) is 43.6 Å². The number of morpholine rings is 1. The predicted octanol–water partition coefficient (Wildman–Crippen LogP) is 3.31. The molecule has 2 N–H and O–H groups in total. The Kier molecular flexibility index (Phi) is 12.8. The average Bonchev–Trinajstić information content (AvgIpc) is 2.78. The smallest absolute Gasteiger partial charge is 0.191 e. The molecule has 31 heavy (non-hydrogen) atoms. The first-order valence-electron chi connectivity index (χ1n) is 11.9. The van der Waals surface area contributed by atoms with Crippen LogP contribution in [0.2, 0.25) is 0 Å². The van der Waals surface area contributed by atoms with Crippen LogP contribution in [0.1, 0.15) is 44.2 Å². The molecule has 2 aliphatic heterocycles. The Morgan fingerprint density at radius 3 is 2.45 bits per heavy atom. The van der Waals surface area contributed by atoms with Gasteiger partial charge in [0.25, 0.3) is 0 Å². The molecule has 0 spiro atoms. The topological polar surface area (TPSA) is 52.1 Å². The normalized spacial score (nSPS) is 19.1. The summed E-state index contributed by atoms with van der Waals surface area (Å²) in [4.78, 5) is 9.94. The van der Waals surface area contributed by atoms with E-state index < -0.39 is 0 Å². The molecular weight excluding hydrogens is 501 g/mol. The van der Waals surface area contributed by atoms with Crippen LogP contribution in [-0.4, -0.2) is 74.8 Å². The number of hydrogen-bond acceptors (Lipinski definition) is 4. The number of nitrogens with one attached hydrogen (secondary N) is 2. The van der Waals surface area contributed by atoms with Crippen LogP contribution >= 0.6 is 24.0 Å². The summed E-state index contributed by atoms with van der Waals surface area (Å²) in [5.74, 6) is 1.82. The van der Waals surface area contributed by atoms with Crippen LogP contribution < -0.4 is 10.6 Å². The van der Waals surface area contributed by atoms with E-state index in [0.717, 1.165) is 64.2 Å². The number of guanidine groups is 1. The fourth-order valence-corrected chi connectivity index (χ4v) is 4.17. The first kappa shape index (κ1) is 26.4. The highest BCUT2D eigenvalue weighted by Crippen LogP contribution is 2.16. The first-order valence-corrected chi connectivity index (χ1v) is 11.9. The number of aliphatic imine (C=N–C) groups is 1. The molecule has 0 aliphatic carbocycles. The molecule has 0 atom stereocenters. The standard InChI is InChI=1S/C24H41N5O.HI/c1-3-25-24(26-11-6-12-28-13-9-21(2)10-14-28)27-19-22-7-4-5-8-23(22)20-29-15-17-30-18-16-29;/h4-5,7-8,21H,3,6,9-20H2,1-2H3,(H2,25,26,27);1H. The van der Waals surface area contributed by atoms with E-state index in [-0.39, 0.29) is 24.0 Å². The van der Waals surface area contributed by atoms with Gasteiger partial charge in [-0.25, -0.2) is 4.99 Å². The van der Waals surface area contributed by atoms with Crippen molar-refractivity contribution in [3.8, 4) is 0 Å². The third-order valence-corrected chi connectivity index (χ3v) is 6.19. The number of hydrogen-bond donors (Lipinski definition) is 2. The second-order valence-corrected chi connectivity index (χ2v) is 8.66. The zero-order valence-electron chi connectivity index (χ0n) is 19.4. The van der Waals surface area contributed by atoms with Gasteiger partial charge in [-0.3, -0.25) is 4.90 Å². The van der Waals surface area contributed by atoms with Gasteiger partial charge in [0.1, 0.15) is 0 Å². The van der Waals surface area contributed by atoms with E-state index in [0.29, 0.717) is 6.54 Å². The lowest BCUT2D eigenvalue weighted by Crippen LogP contribution is -2.39. The van der Waals surface area contributed by atoms with Gasteiger partial charge in [0.15, 0.2) is 5.96 Å². The van der Waals surface area contributed by atoms with Crippen LogP contribution in [0.3, 0.4) is 0 Å². The Morgan fingerprint density at radius 1 is 1.03 bits per heavy atom. The minimum atomic E-state index is 0. The van der Waals surface area contributed by atoms with Crippen molar-refractivity contribution in [3.63, 3.8) is 0 Å². The van der Waals surface area contributed by atoms with Gasteiger partial charge in [0.05, 0.1) is 19.8 Å². The molecule has 2 fully saturated rings. The van der Waals surface area contributed by atoms with E-state index in [1.54, 1.807) is 0 Å². The lowest BCUT2D eigenvalue weighted by atomic mass is 9.99. The van der Waals surface area contributed by atoms with Gasteiger partial charge in [-0.15, -0.1) is 24.0 Å². The maximum Gasteiger partial charge on any atom is 0.191 e. The van der Waals surface area contributed by atoms with Gasteiger partial charge in [0.2, 0.25) is 0 Å². The summed E-state index contributed by atoms with van der Waals surface area (Å²) in [6.45, 7) is 15.4. The summed E-state index contributed by atoms with van der Waals surface area (Å²) in [7, 11) is 0. The van der Waals surface area contributed by atoms with Crippen molar-refractivity contribution >= 4 is 29.9 Å². The van der Waals surface area contributed by atoms with E-state index in [1.807, 2.05) is 0 Å². The maximum absolute atomic E-state index is 5.48. The van der Waals surface area contributed by atoms with Crippen LogP contribution in [0.4, 0.5) is 0 Å². The number of benzene rings is 1. The summed E-state index contributed by atoms with van der Waals surface area (Å²) in [5.41, 5.74) is 2.68. The second kappa shape index (κ2) is 15.0. The molecule has 0 aromatic heterocycles. The highest BCUT2D eigenvalue weighted by molar-refractivity contribution is 14.0. The van der Waals surface area contributed by atoms with Gasteiger partial charge in [0, 0.05) is 32.7 Å². The number of halogens is 1. The van der Waals surface area contributed by atoms with Crippen molar-refractivity contribution in [2.24, 2.45) is 10.9 Å². The predicted molar refractivity (Wildman–Crippen MR) is 140 cm³/mol. The average molecular weight is 544 g/mol. The molecule has 0 amide bonds. The number of nitrogens with zero attached hydrogens (tertiary/aromatic N) is 3. The molecule has 0 saturated carbocycles. The van der Waals surface area contributed by atoms with Crippen molar-refractivity contribution in [2.45, 2.75) is 46.2 Å². The molecule has 176 valence electrons. The van der Waals surface area contributed by atoms with Crippen molar-refractivity contribution < 1.29 is 4.74 Å². The van der Waals surface area contributed by atoms with E-state index in [2.05, 4.69) is 58.5 Å². The zero-order valence-corrected chi connectivity index (χ0v) is 21.8. The van der Waals surface area contributed by atoms with Crippen LogP contribution in [0, 0.1) is 5.92 Å². The largest absolute Gasteiger partial charge is 0.379 e. The monoisotopic (exact) mass is 543 g/mol. The Bertz CT molecular complexity index is 643. The highest BCUT2D eigenvalue weighted by atomic mass is 127. The number of rotatable bonds is 9. The van der Waals surface area contributed by atoms with Crippen LogP contribution in [0.5, 0.6) is 0 Å². The quantitative estimate of drug-likeness (QED) is 0.217. The lowest BCUT2D eigenvalue weighted by molar-refractivity contribution is 0.0341. The van der Waals surface area contributed by atoms with Crippen molar-refractivity contribution in [2.75, 3.05) is 59.0 Å². The molecule has 0 bridgehead atoms. The molecular formula is C24H42IN5O. The Hall–Kier alpha value is -0.900. The molecule has 7 heteroatoms. The summed E-state index contributed by atoms with van der Waals surface area (Å²) < 4.78 is 5.48. The maximum atomic E-state index is 5.48. The molecule has 2 saturated heterocycles. The van der Waals surface area contributed by atoms with Gasteiger partial charge < -0.3 is 20.3 Å². The van der Waals surface area contributed by atoms with Gasteiger partial charge in [-0.2, -0.15) is 0 Å². The van der Waals surface area contributed by atoms with Crippen LogP contribution in [0.15, 0.2) is 29.3 Å². The fraction of sp³-hybridized carbons (Fsp3) is 0.708. The minimum Gasteiger partial charge on any atom is -0.379 e. The zero-order chi connectivity index (χ0) is 21.0. The van der Waals surface area contributed by atoms with E-state index in [4.69, 9.17) is 9.73 Å². The SMILES string of the molecule is CCNC(=NCc1ccccc1CN1CCOCC1)NCCCN1CCC(C)CC1.I. The van der Waals surface area contributed by atoms with E-state index in [9.17, 15) is 0 Å². The van der Waals surface area contributed by atoms with Crippen molar-refractivity contribution in [3.05, 3.63) is 35.4 Å². The number of likely N-dealkylation sites (tertiary alicyclic amines) is 1. The lowest BCUT2D eigenvalue weighted by Gasteiger charge is -2.30. The van der Waals surface area contributed by atoms with Gasteiger partial charge >= 0.3 is 0 Å². The number of ether oxygens (including phenoxy) is 1. The molecule has 3 rings (SSSR count). The summed E-state index contributed by atoms with van der Waals surface area (Å²) in [6.07, 6.45) is 3.86. The van der Waals surface area contributed by atoms with Crippen molar-refractivity contribution in [1.29, 1.82) is 0 Å². The van der Waals surface area contributed by atoms with Crippen LogP contribution in [0.25, 0.3) is 0 Å². The Morgan fingerprint density at radius 2 is 1.74 bits per heavy atom. The third-order valence-electron chi connectivity index (χ3n) is 6.19. The minimum absolute atomic E-state index is 0. The molecule has 2 aliphatic rings. The summed E-state index contributed by atoms with van der Waals surface area (Å²) in [6, 6.07) is 8.70. The second-order valence-electron chi connectivity index (χ2n) is 8.66. The van der Waals surface area contributed by atoms with E-state index >= 15 is 0 Å². The van der Waals surface area contributed by atoms with Crippen LogP contribution in [-0.2, 0) is 17.8 Å². The van der Waals surface area contributed by atoms with Gasteiger partial charge in [-0.05, 0) is 62.9 Å². The van der Waals surface area contributed by atoms with Crippen molar-refractivity contribution in [1.82, 2.24) is 20.4 Å². The highest BCUT2D eigenvalue weighted by Gasteiger charge is 2.15. The molecule has 1 aromatic carbocycles. The van der Waals surface area contributed by atoms with Gasteiger partial charge in [-0.1, -0.05) is 31.2 Å². The molecule has 6 nitrogen and oxygen atoms in total. The summed E-state index contributed by atoms with van der Waals surface area (Å²) in [5, 5.41) is 6.92. The Labute approximate surface area is 206 Å². The fourth-order valence-electron chi connectivity index (χ4n) is 4.17.